The SMILES string of the molecule is Cc1cc(C)c(-c2cc(C)cc(-c3c(C)cc(C)cc3C)c2P(Cl)Cl)c(C)c1. The van der Waals surface area contributed by atoms with Crippen LogP contribution in [0.1, 0.15) is 38.9 Å². The topological polar surface area (TPSA) is 0 Å². The highest BCUT2D eigenvalue weighted by Crippen LogP contribution is 2.52. The Morgan fingerprint density at radius 1 is 0.500 bits per heavy atom. The molecule has 146 valence electrons. The molecule has 0 bridgehead atoms. The van der Waals surface area contributed by atoms with E-state index in [9.17, 15) is 0 Å². The number of halogens is 2. The average Bonchev–Trinajstić information content (AvgIpc) is 2.52. The Kier molecular flexibility index (Phi) is 6.26. The largest absolute Gasteiger partial charge is 0.118 e. The normalized spacial score (nSPS) is 11.4. The van der Waals surface area contributed by atoms with Crippen molar-refractivity contribution >= 4 is 34.4 Å². The number of aryl methyl sites for hydroxylation is 7. The highest BCUT2D eigenvalue weighted by atomic mass is 35.9. The highest BCUT2D eigenvalue weighted by Gasteiger charge is 2.23. The first-order valence-corrected chi connectivity index (χ1v) is 12.7. The molecule has 0 aliphatic rings. The van der Waals surface area contributed by atoms with Crippen molar-refractivity contribution < 1.29 is 0 Å². The molecule has 0 N–H and O–H groups in total. The van der Waals surface area contributed by atoms with Gasteiger partial charge in [0.25, 0.3) is 0 Å². The summed E-state index contributed by atoms with van der Waals surface area (Å²) < 4.78 is 0. The van der Waals surface area contributed by atoms with Gasteiger partial charge in [-0.25, -0.2) is 0 Å². The van der Waals surface area contributed by atoms with Crippen molar-refractivity contribution in [1.29, 1.82) is 0 Å². The van der Waals surface area contributed by atoms with Crippen LogP contribution in [-0.4, -0.2) is 0 Å². The monoisotopic (exact) mass is 428 g/mol. The Bertz CT molecular complexity index is 940. The molecule has 3 rings (SSSR count). The van der Waals surface area contributed by atoms with Gasteiger partial charge in [0.05, 0.1) is 0 Å². The Hall–Kier alpha value is -1.33. The fraction of sp³-hybridized carbons (Fsp3) is 0.280. The van der Waals surface area contributed by atoms with Crippen molar-refractivity contribution in [2.75, 3.05) is 0 Å². The summed E-state index contributed by atoms with van der Waals surface area (Å²) in [6.45, 7) is 13.8. The lowest BCUT2D eigenvalue weighted by atomic mass is 9.88. The molecule has 28 heavy (non-hydrogen) atoms. The molecule has 0 radical (unpaired) electrons. The molecule has 0 nitrogen and oxygen atoms in total. The molecule has 0 spiro atoms. The van der Waals surface area contributed by atoms with Crippen LogP contribution in [0.15, 0.2) is 36.4 Å². The Balaban J connectivity index is 2.44. The maximum atomic E-state index is 6.67. The lowest BCUT2D eigenvalue weighted by molar-refractivity contribution is 1.31. The number of hydrogen-bond donors (Lipinski definition) is 0. The number of hydrogen-bond acceptors (Lipinski definition) is 0. The minimum Gasteiger partial charge on any atom is -0.0727 e. The number of benzene rings is 3. The maximum Gasteiger partial charge on any atom is 0.118 e. The van der Waals surface area contributed by atoms with Crippen LogP contribution in [-0.2, 0) is 0 Å². The van der Waals surface area contributed by atoms with Crippen LogP contribution in [0.4, 0.5) is 0 Å². The quantitative estimate of drug-likeness (QED) is 0.366. The Morgan fingerprint density at radius 2 is 0.786 bits per heavy atom. The molecule has 3 aromatic carbocycles. The minimum atomic E-state index is -1.32. The zero-order valence-electron chi connectivity index (χ0n) is 17.7. The summed E-state index contributed by atoms with van der Waals surface area (Å²) in [7, 11) is 0. The summed E-state index contributed by atoms with van der Waals surface area (Å²) in [6.07, 6.45) is 0. The zero-order valence-corrected chi connectivity index (χ0v) is 20.1. The van der Waals surface area contributed by atoms with Gasteiger partial charge in [-0.3, -0.25) is 0 Å². The van der Waals surface area contributed by atoms with Crippen LogP contribution in [0.2, 0.25) is 0 Å². The van der Waals surface area contributed by atoms with Crippen LogP contribution in [0.5, 0.6) is 0 Å². The smallest absolute Gasteiger partial charge is 0.0727 e. The molecule has 0 saturated heterocycles. The van der Waals surface area contributed by atoms with Gasteiger partial charge in [0.1, 0.15) is 6.63 Å². The van der Waals surface area contributed by atoms with Crippen molar-refractivity contribution in [2.24, 2.45) is 0 Å². The molecule has 0 heterocycles. The molecule has 0 saturated carbocycles. The summed E-state index contributed by atoms with van der Waals surface area (Å²) >= 11 is 13.3. The first-order valence-electron chi connectivity index (χ1n) is 9.53. The van der Waals surface area contributed by atoms with Gasteiger partial charge in [0.15, 0.2) is 0 Å². The summed E-state index contributed by atoms with van der Waals surface area (Å²) in [5.74, 6) is 0. The summed E-state index contributed by atoms with van der Waals surface area (Å²) in [6, 6.07) is 13.4. The van der Waals surface area contributed by atoms with Crippen LogP contribution < -0.4 is 5.30 Å². The van der Waals surface area contributed by atoms with E-state index in [1.807, 2.05) is 0 Å². The van der Waals surface area contributed by atoms with E-state index in [-0.39, 0.29) is 0 Å². The third-order valence-corrected chi connectivity index (χ3v) is 7.15. The first-order chi connectivity index (χ1) is 13.1. The van der Waals surface area contributed by atoms with Crippen molar-refractivity contribution in [2.45, 2.75) is 48.5 Å². The second kappa shape index (κ2) is 8.19. The highest BCUT2D eigenvalue weighted by molar-refractivity contribution is 8.09. The van der Waals surface area contributed by atoms with Crippen molar-refractivity contribution in [3.8, 4) is 22.3 Å². The molecule has 0 unspecified atom stereocenters. The van der Waals surface area contributed by atoms with E-state index < -0.39 is 6.63 Å². The van der Waals surface area contributed by atoms with Crippen molar-refractivity contribution in [3.05, 3.63) is 75.3 Å². The summed E-state index contributed by atoms with van der Waals surface area (Å²) in [5.41, 5.74) is 13.7. The fourth-order valence-corrected chi connectivity index (χ4v) is 6.36. The van der Waals surface area contributed by atoms with E-state index in [0.717, 1.165) is 5.30 Å². The average molecular weight is 429 g/mol. The van der Waals surface area contributed by atoms with Gasteiger partial charge in [0.2, 0.25) is 0 Å². The molecular formula is C25H27Cl2P. The molecule has 0 fully saturated rings. The molecule has 0 aromatic heterocycles. The van der Waals surface area contributed by atoms with Crippen LogP contribution in [0, 0.1) is 48.5 Å². The molecule has 0 aliphatic heterocycles. The Morgan fingerprint density at radius 3 is 1.07 bits per heavy atom. The van der Waals surface area contributed by atoms with Crippen molar-refractivity contribution in [3.63, 3.8) is 0 Å². The van der Waals surface area contributed by atoms with Crippen LogP contribution in [0.25, 0.3) is 22.3 Å². The van der Waals surface area contributed by atoms with E-state index in [2.05, 4.69) is 84.9 Å². The predicted octanol–water partition coefficient (Wildman–Crippen LogP) is 8.59. The third kappa shape index (κ3) is 4.02. The summed E-state index contributed by atoms with van der Waals surface area (Å²) in [4.78, 5) is 0. The second-order valence-corrected chi connectivity index (χ2v) is 11.4. The van der Waals surface area contributed by atoms with Gasteiger partial charge in [-0.15, -0.1) is 0 Å². The van der Waals surface area contributed by atoms with Gasteiger partial charge >= 0.3 is 0 Å². The van der Waals surface area contributed by atoms with Gasteiger partial charge in [0, 0.05) is 5.30 Å². The van der Waals surface area contributed by atoms with E-state index >= 15 is 0 Å². The fourth-order valence-electron chi connectivity index (χ4n) is 4.55. The van der Waals surface area contributed by atoms with E-state index in [1.54, 1.807) is 0 Å². The summed E-state index contributed by atoms with van der Waals surface area (Å²) in [5, 5.41) is 1.06. The van der Waals surface area contributed by atoms with E-state index in [4.69, 9.17) is 22.5 Å². The number of rotatable bonds is 3. The van der Waals surface area contributed by atoms with Gasteiger partial charge in [-0.05, 0) is 98.5 Å². The van der Waals surface area contributed by atoms with E-state index in [0.29, 0.717) is 0 Å². The van der Waals surface area contributed by atoms with Gasteiger partial charge in [-0.2, -0.15) is 0 Å². The minimum absolute atomic E-state index is 1.06. The predicted molar refractivity (Wildman–Crippen MR) is 129 cm³/mol. The molecular weight excluding hydrogens is 402 g/mol. The molecule has 0 amide bonds. The molecule has 0 aliphatic carbocycles. The zero-order chi connectivity index (χ0) is 20.7. The first kappa shape index (κ1) is 21.4. The van der Waals surface area contributed by atoms with Gasteiger partial charge in [-0.1, -0.05) is 70.0 Å². The molecule has 3 aromatic rings. The van der Waals surface area contributed by atoms with Gasteiger partial charge < -0.3 is 0 Å². The Labute approximate surface area is 180 Å². The lowest BCUT2D eigenvalue weighted by Crippen LogP contribution is -2.10. The molecule has 0 atom stereocenters. The maximum absolute atomic E-state index is 6.67. The van der Waals surface area contributed by atoms with Crippen molar-refractivity contribution in [1.82, 2.24) is 0 Å². The van der Waals surface area contributed by atoms with Crippen LogP contribution in [0.3, 0.4) is 0 Å². The second-order valence-electron chi connectivity index (χ2n) is 7.99. The van der Waals surface area contributed by atoms with E-state index in [1.165, 1.54) is 61.2 Å². The standard InChI is InChI=1S/C25H27Cl2P/c1-14-8-17(4)23(18(5)9-14)21-12-16(3)13-22(25(21)28(26)27)24-19(6)10-15(2)11-20(24)7/h8-13H,1-7H3. The molecule has 3 heteroatoms. The van der Waals surface area contributed by atoms with Crippen LogP contribution >= 0.6 is 29.1 Å². The third-order valence-electron chi connectivity index (χ3n) is 5.32. The lowest BCUT2D eigenvalue weighted by Gasteiger charge is -2.22.